The predicted molar refractivity (Wildman–Crippen MR) is 65.8 cm³/mol. The van der Waals surface area contributed by atoms with Crippen LogP contribution in [0.25, 0.3) is 0 Å². The molecule has 0 aliphatic carbocycles. The van der Waals surface area contributed by atoms with Crippen LogP contribution in [0.2, 0.25) is 0 Å². The van der Waals surface area contributed by atoms with E-state index in [0.717, 1.165) is 13.1 Å². The lowest BCUT2D eigenvalue weighted by molar-refractivity contribution is 0.0428. The second-order valence-corrected chi connectivity index (χ2v) is 5.26. The van der Waals surface area contributed by atoms with Crippen LogP contribution in [0.15, 0.2) is 0 Å². The van der Waals surface area contributed by atoms with Crippen molar-refractivity contribution in [3.05, 3.63) is 0 Å². The number of nitrogens with zero attached hydrogens (tertiary/aromatic N) is 1. The molecule has 1 saturated heterocycles. The molecule has 0 spiro atoms. The van der Waals surface area contributed by atoms with Gasteiger partial charge in [-0.1, -0.05) is 13.8 Å². The van der Waals surface area contributed by atoms with Crippen molar-refractivity contribution < 1.29 is 14.3 Å². The first-order chi connectivity index (χ1) is 7.83. The topological polar surface area (TPSA) is 54.1 Å². The van der Waals surface area contributed by atoms with Gasteiger partial charge in [-0.25, -0.2) is 4.79 Å². The second kappa shape index (κ2) is 5.23. The van der Waals surface area contributed by atoms with Crippen LogP contribution in [-0.2, 0) is 9.47 Å². The van der Waals surface area contributed by atoms with Crippen molar-refractivity contribution in [3.8, 4) is 0 Å². The number of hydrogen-bond donors (Lipinski definition) is 1. The van der Waals surface area contributed by atoms with E-state index >= 15 is 0 Å². The standard InChI is InChI=1S/C12H24N2O3/c1-6-14(7-2)12(9-16-12)8-13-10(15)17-11(3,4)5/h6-9H2,1-5H3,(H,13,15). The first-order valence-corrected chi connectivity index (χ1v) is 6.19. The molecule has 17 heavy (non-hydrogen) atoms. The fourth-order valence-electron chi connectivity index (χ4n) is 1.80. The number of rotatable bonds is 5. The Hall–Kier alpha value is -0.810. The molecule has 1 rings (SSSR count). The first-order valence-electron chi connectivity index (χ1n) is 6.19. The summed E-state index contributed by atoms with van der Waals surface area (Å²) in [6.45, 7) is 12.7. The molecule has 0 aromatic heterocycles. The van der Waals surface area contributed by atoms with Crippen molar-refractivity contribution in [2.24, 2.45) is 0 Å². The van der Waals surface area contributed by atoms with Crippen molar-refractivity contribution in [2.45, 2.75) is 45.9 Å². The van der Waals surface area contributed by atoms with Gasteiger partial charge in [0.05, 0.1) is 13.2 Å². The van der Waals surface area contributed by atoms with E-state index in [-0.39, 0.29) is 11.8 Å². The van der Waals surface area contributed by atoms with E-state index in [1.165, 1.54) is 0 Å². The molecule has 0 aromatic rings. The molecule has 1 fully saturated rings. The van der Waals surface area contributed by atoms with Gasteiger partial charge in [0.2, 0.25) is 0 Å². The van der Waals surface area contributed by atoms with E-state index in [4.69, 9.17) is 9.47 Å². The Kier molecular flexibility index (Phi) is 4.38. The third-order valence-electron chi connectivity index (χ3n) is 2.73. The molecule has 0 bridgehead atoms. The highest BCUT2D eigenvalue weighted by Gasteiger charge is 2.49. The number of likely N-dealkylation sites (N-methyl/N-ethyl adjacent to an activating group) is 1. The van der Waals surface area contributed by atoms with Crippen molar-refractivity contribution >= 4 is 6.09 Å². The van der Waals surface area contributed by atoms with Crippen LogP contribution in [0.5, 0.6) is 0 Å². The van der Waals surface area contributed by atoms with Crippen LogP contribution in [0.3, 0.4) is 0 Å². The van der Waals surface area contributed by atoms with Gasteiger partial charge in [0.1, 0.15) is 5.60 Å². The molecular weight excluding hydrogens is 220 g/mol. The van der Waals surface area contributed by atoms with E-state index in [2.05, 4.69) is 24.1 Å². The zero-order chi connectivity index (χ0) is 13.1. The number of ether oxygens (including phenoxy) is 2. The largest absolute Gasteiger partial charge is 0.444 e. The van der Waals surface area contributed by atoms with E-state index in [1.807, 2.05) is 20.8 Å². The Bertz CT molecular complexity index is 265. The molecule has 1 unspecified atom stereocenters. The fraction of sp³-hybridized carbons (Fsp3) is 0.917. The molecule has 5 heteroatoms. The third kappa shape index (κ3) is 4.16. The minimum atomic E-state index is -0.461. The molecule has 1 N–H and O–H groups in total. The predicted octanol–water partition coefficient (Wildman–Crippen LogP) is 1.58. The number of hydrogen-bond acceptors (Lipinski definition) is 4. The van der Waals surface area contributed by atoms with Crippen LogP contribution in [-0.4, -0.2) is 48.6 Å². The minimum absolute atomic E-state index is 0.305. The number of carbonyl (C=O) groups is 1. The Balaban J connectivity index is 2.38. The van der Waals surface area contributed by atoms with Gasteiger partial charge in [-0.2, -0.15) is 0 Å². The summed E-state index contributed by atoms with van der Waals surface area (Å²) >= 11 is 0. The van der Waals surface area contributed by atoms with Gasteiger partial charge in [-0.05, 0) is 33.9 Å². The summed E-state index contributed by atoms with van der Waals surface area (Å²) in [6.07, 6.45) is -0.389. The van der Waals surface area contributed by atoms with Crippen LogP contribution >= 0.6 is 0 Å². The average Bonchev–Trinajstić information content (AvgIpc) is 2.95. The Morgan fingerprint density at radius 3 is 2.29 bits per heavy atom. The highest BCUT2D eigenvalue weighted by atomic mass is 16.6. The summed E-state index contributed by atoms with van der Waals surface area (Å²) in [5.41, 5.74) is -0.767. The summed E-state index contributed by atoms with van der Waals surface area (Å²) in [5.74, 6) is 0. The molecule has 1 heterocycles. The Labute approximate surface area is 103 Å². The molecule has 1 atom stereocenters. The molecular formula is C12H24N2O3. The third-order valence-corrected chi connectivity index (χ3v) is 2.73. The van der Waals surface area contributed by atoms with Gasteiger partial charge in [0.25, 0.3) is 0 Å². The molecule has 1 aliphatic rings. The number of alkyl carbamates (subject to hydrolysis) is 1. The smallest absolute Gasteiger partial charge is 0.407 e. The van der Waals surface area contributed by atoms with Gasteiger partial charge in [-0.15, -0.1) is 0 Å². The van der Waals surface area contributed by atoms with E-state index < -0.39 is 5.60 Å². The molecule has 1 aliphatic heterocycles. The number of amides is 1. The summed E-state index contributed by atoms with van der Waals surface area (Å²) in [6, 6.07) is 0. The van der Waals surface area contributed by atoms with E-state index in [9.17, 15) is 4.79 Å². The minimum Gasteiger partial charge on any atom is -0.444 e. The van der Waals surface area contributed by atoms with Crippen molar-refractivity contribution in [3.63, 3.8) is 0 Å². The normalized spacial score (nSPS) is 23.6. The second-order valence-electron chi connectivity index (χ2n) is 5.26. The highest BCUT2D eigenvalue weighted by Crippen LogP contribution is 2.30. The molecule has 0 aromatic carbocycles. The van der Waals surface area contributed by atoms with Crippen LogP contribution in [0.4, 0.5) is 4.79 Å². The molecule has 100 valence electrons. The number of nitrogens with one attached hydrogen (secondary N) is 1. The number of carbonyl (C=O) groups excluding carboxylic acids is 1. The van der Waals surface area contributed by atoms with E-state index in [1.54, 1.807) is 0 Å². The lowest BCUT2D eigenvalue weighted by Gasteiger charge is -2.27. The van der Waals surface area contributed by atoms with Gasteiger partial charge in [-0.3, -0.25) is 4.90 Å². The number of epoxide rings is 1. The molecule has 1 amide bonds. The SMILES string of the molecule is CCN(CC)C1(CNC(=O)OC(C)(C)C)CO1. The maximum Gasteiger partial charge on any atom is 0.407 e. The van der Waals surface area contributed by atoms with Gasteiger partial charge in [0, 0.05) is 0 Å². The summed E-state index contributed by atoms with van der Waals surface area (Å²) < 4.78 is 10.7. The first kappa shape index (κ1) is 14.3. The molecule has 0 saturated carbocycles. The van der Waals surface area contributed by atoms with Crippen molar-refractivity contribution in [1.82, 2.24) is 10.2 Å². The quantitative estimate of drug-likeness (QED) is 0.746. The Morgan fingerprint density at radius 1 is 1.41 bits per heavy atom. The maximum absolute atomic E-state index is 11.5. The van der Waals surface area contributed by atoms with E-state index in [0.29, 0.717) is 13.2 Å². The zero-order valence-corrected chi connectivity index (χ0v) is 11.5. The van der Waals surface area contributed by atoms with Crippen LogP contribution < -0.4 is 5.32 Å². The summed E-state index contributed by atoms with van der Waals surface area (Å²) in [4.78, 5) is 13.7. The monoisotopic (exact) mass is 244 g/mol. The van der Waals surface area contributed by atoms with Gasteiger partial charge < -0.3 is 14.8 Å². The lowest BCUT2D eigenvalue weighted by atomic mass is 10.2. The van der Waals surface area contributed by atoms with Crippen molar-refractivity contribution in [2.75, 3.05) is 26.2 Å². The average molecular weight is 244 g/mol. The van der Waals surface area contributed by atoms with Gasteiger partial charge >= 0.3 is 6.09 Å². The van der Waals surface area contributed by atoms with Gasteiger partial charge in [0.15, 0.2) is 5.72 Å². The lowest BCUT2D eigenvalue weighted by Crippen LogP contribution is -2.48. The molecule has 5 nitrogen and oxygen atoms in total. The zero-order valence-electron chi connectivity index (χ0n) is 11.5. The molecule has 0 radical (unpaired) electrons. The highest BCUT2D eigenvalue weighted by molar-refractivity contribution is 5.67. The maximum atomic E-state index is 11.5. The van der Waals surface area contributed by atoms with Crippen LogP contribution in [0.1, 0.15) is 34.6 Å². The van der Waals surface area contributed by atoms with Crippen LogP contribution in [0, 0.1) is 0 Å². The summed E-state index contributed by atoms with van der Waals surface area (Å²) in [5, 5.41) is 2.76. The fourth-order valence-corrected chi connectivity index (χ4v) is 1.80. The summed E-state index contributed by atoms with van der Waals surface area (Å²) in [7, 11) is 0. The Morgan fingerprint density at radius 2 is 1.94 bits per heavy atom. The van der Waals surface area contributed by atoms with Crippen molar-refractivity contribution in [1.29, 1.82) is 0 Å².